The van der Waals surface area contributed by atoms with E-state index >= 15 is 0 Å². The minimum absolute atomic E-state index is 0.0384. The summed E-state index contributed by atoms with van der Waals surface area (Å²) in [5.74, 6) is 1.59. The van der Waals surface area contributed by atoms with Crippen LogP contribution in [0, 0.1) is 3.57 Å². The van der Waals surface area contributed by atoms with Gasteiger partial charge in [-0.15, -0.1) is 0 Å². The number of alkyl carbamates (subject to hydrolysis) is 1. The van der Waals surface area contributed by atoms with Crippen LogP contribution in [0.4, 0.5) is 4.79 Å². The normalized spacial score (nSPS) is 12.5. The Labute approximate surface area is 152 Å². The Bertz CT molecular complexity index is 540. The first kappa shape index (κ1) is 19.9. The van der Waals surface area contributed by atoms with E-state index < -0.39 is 11.7 Å². The van der Waals surface area contributed by atoms with Crippen molar-refractivity contribution >= 4 is 28.7 Å². The molecule has 0 aliphatic carbocycles. The highest BCUT2D eigenvalue weighted by molar-refractivity contribution is 14.1. The second-order valence-electron chi connectivity index (χ2n) is 6.25. The highest BCUT2D eigenvalue weighted by atomic mass is 127. The molecule has 0 spiro atoms. The Hall–Kier alpha value is -1.18. The number of amides is 1. The smallest absolute Gasteiger partial charge is 0.407 e. The van der Waals surface area contributed by atoms with Crippen molar-refractivity contribution in [2.45, 2.75) is 52.2 Å². The van der Waals surface area contributed by atoms with Crippen LogP contribution in [0.3, 0.4) is 0 Å². The number of methoxy groups -OCH3 is 2. The van der Waals surface area contributed by atoms with Crippen molar-refractivity contribution in [2.24, 2.45) is 0 Å². The van der Waals surface area contributed by atoms with Crippen LogP contribution in [-0.4, -0.2) is 32.0 Å². The molecule has 1 aromatic rings. The maximum atomic E-state index is 12.0. The van der Waals surface area contributed by atoms with Gasteiger partial charge in [-0.3, -0.25) is 0 Å². The van der Waals surface area contributed by atoms with Crippen LogP contribution in [0.2, 0.25) is 0 Å². The van der Waals surface area contributed by atoms with Crippen molar-refractivity contribution in [3.63, 3.8) is 0 Å². The van der Waals surface area contributed by atoms with Crippen molar-refractivity contribution in [2.75, 3.05) is 14.2 Å². The molecule has 0 heterocycles. The van der Waals surface area contributed by atoms with Gasteiger partial charge in [-0.2, -0.15) is 0 Å². The summed E-state index contributed by atoms with van der Waals surface area (Å²) in [6.45, 7) is 7.57. The molecule has 0 aromatic heterocycles. The summed E-state index contributed by atoms with van der Waals surface area (Å²) in [4.78, 5) is 12.0. The monoisotopic (exact) mass is 435 g/mol. The zero-order chi connectivity index (χ0) is 17.6. The summed E-state index contributed by atoms with van der Waals surface area (Å²) in [6.07, 6.45) is 1.03. The lowest BCUT2D eigenvalue weighted by molar-refractivity contribution is 0.0502. The van der Waals surface area contributed by atoms with Crippen LogP contribution in [0.1, 0.15) is 39.7 Å². The van der Waals surface area contributed by atoms with E-state index in [2.05, 4.69) is 27.9 Å². The third-order valence-corrected chi connectivity index (χ3v) is 4.08. The third kappa shape index (κ3) is 6.45. The Morgan fingerprint density at radius 1 is 1.22 bits per heavy atom. The fraction of sp³-hybridized carbons (Fsp3) is 0.588. The number of benzene rings is 1. The first-order chi connectivity index (χ1) is 10.7. The molecular weight excluding hydrogens is 409 g/mol. The van der Waals surface area contributed by atoms with E-state index in [4.69, 9.17) is 14.2 Å². The van der Waals surface area contributed by atoms with Gasteiger partial charge >= 0.3 is 6.09 Å². The summed E-state index contributed by atoms with van der Waals surface area (Å²) >= 11 is 2.21. The predicted molar refractivity (Wildman–Crippen MR) is 99.4 cm³/mol. The van der Waals surface area contributed by atoms with Crippen LogP contribution in [0.5, 0.6) is 11.5 Å². The van der Waals surface area contributed by atoms with Gasteiger partial charge < -0.3 is 19.5 Å². The predicted octanol–water partition coefficient (Wildman–Crippen LogP) is 4.15. The van der Waals surface area contributed by atoms with E-state index in [1.165, 1.54) is 0 Å². The molecule has 0 aliphatic heterocycles. The van der Waals surface area contributed by atoms with Crippen molar-refractivity contribution in [3.8, 4) is 11.5 Å². The molecule has 0 bridgehead atoms. The quantitative estimate of drug-likeness (QED) is 0.683. The van der Waals surface area contributed by atoms with Crippen LogP contribution in [-0.2, 0) is 11.2 Å². The van der Waals surface area contributed by atoms with Crippen molar-refractivity contribution in [1.29, 1.82) is 0 Å². The summed E-state index contributed by atoms with van der Waals surface area (Å²) in [7, 11) is 3.29. The van der Waals surface area contributed by atoms with E-state index in [-0.39, 0.29) is 6.04 Å². The average molecular weight is 435 g/mol. The van der Waals surface area contributed by atoms with E-state index in [0.717, 1.165) is 27.1 Å². The lowest BCUT2D eigenvalue weighted by Crippen LogP contribution is -2.40. The first-order valence-electron chi connectivity index (χ1n) is 7.60. The molecule has 130 valence electrons. The zero-order valence-corrected chi connectivity index (χ0v) is 16.8. The van der Waals surface area contributed by atoms with Gasteiger partial charge in [-0.1, -0.05) is 6.92 Å². The van der Waals surface area contributed by atoms with Crippen LogP contribution in [0.15, 0.2) is 12.1 Å². The standard InChI is InChI=1S/C17H26INO4/c1-7-12(19-16(20)23-17(2,3)4)8-11-9-15(22-6)13(18)10-14(11)21-5/h9-10,12H,7-8H2,1-6H3,(H,19,20). The van der Waals surface area contributed by atoms with E-state index in [0.29, 0.717) is 6.42 Å². The number of rotatable bonds is 6. The minimum atomic E-state index is -0.508. The summed E-state index contributed by atoms with van der Waals surface area (Å²) in [5.41, 5.74) is 0.485. The lowest BCUT2D eigenvalue weighted by Gasteiger charge is -2.23. The molecule has 0 aliphatic rings. The van der Waals surface area contributed by atoms with Crippen LogP contribution >= 0.6 is 22.6 Å². The van der Waals surface area contributed by atoms with Crippen LogP contribution in [0.25, 0.3) is 0 Å². The highest BCUT2D eigenvalue weighted by Crippen LogP contribution is 2.31. The highest BCUT2D eigenvalue weighted by Gasteiger charge is 2.20. The minimum Gasteiger partial charge on any atom is -0.496 e. The number of carbonyl (C=O) groups excluding carboxylic acids is 1. The molecule has 0 saturated heterocycles. The molecule has 5 nitrogen and oxygen atoms in total. The van der Waals surface area contributed by atoms with Gasteiger partial charge in [0.05, 0.1) is 17.8 Å². The third-order valence-electron chi connectivity index (χ3n) is 3.23. The molecule has 1 aromatic carbocycles. The largest absolute Gasteiger partial charge is 0.496 e. The molecule has 0 radical (unpaired) electrons. The molecule has 1 unspecified atom stereocenters. The molecule has 0 fully saturated rings. The second kappa shape index (κ2) is 8.61. The average Bonchev–Trinajstić information content (AvgIpc) is 2.45. The van der Waals surface area contributed by atoms with E-state index in [1.807, 2.05) is 39.8 Å². The number of halogens is 1. The fourth-order valence-corrected chi connectivity index (χ4v) is 2.78. The van der Waals surface area contributed by atoms with Gasteiger partial charge in [0.1, 0.15) is 17.1 Å². The molecule has 1 rings (SSSR count). The number of nitrogens with one attached hydrogen (secondary N) is 1. The van der Waals surface area contributed by atoms with Crippen molar-refractivity contribution in [1.82, 2.24) is 5.32 Å². The second-order valence-corrected chi connectivity index (χ2v) is 7.42. The number of hydrogen-bond donors (Lipinski definition) is 1. The van der Waals surface area contributed by atoms with Gasteiger partial charge in [-0.25, -0.2) is 4.79 Å². The summed E-state index contributed by atoms with van der Waals surface area (Å²) < 4.78 is 17.1. The number of ether oxygens (including phenoxy) is 3. The Balaban J connectivity index is 2.88. The van der Waals surface area contributed by atoms with Gasteiger partial charge in [0.2, 0.25) is 0 Å². The Morgan fingerprint density at radius 2 is 1.83 bits per heavy atom. The summed E-state index contributed by atoms with van der Waals surface area (Å²) in [6, 6.07) is 3.86. The maximum Gasteiger partial charge on any atom is 0.407 e. The van der Waals surface area contributed by atoms with Crippen molar-refractivity contribution < 1.29 is 19.0 Å². The van der Waals surface area contributed by atoms with E-state index in [1.54, 1.807) is 14.2 Å². The topological polar surface area (TPSA) is 56.8 Å². The Morgan fingerprint density at radius 3 is 2.30 bits per heavy atom. The molecule has 1 N–H and O–H groups in total. The number of carbonyl (C=O) groups is 1. The molecule has 1 atom stereocenters. The van der Waals surface area contributed by atoms with Gasteiger partial charge in [0.25, 0.3) is 0 Å². The SMILES string of the molecule is CCC(Cc1cc(OC)c(I)cc1OC)NC(=O)OC(C)(C)C. The van der Waals surface area contributed by atoms with E-state index in [9.17, 15) is 4.79 Å². The van der Waals surface area contributed by atoms with Crippen molar-refractivity contribution in [3.05, 3.63) is 21.3 Å². The van der Waals surface area contributed by atoms with Gasteiger partial charge in [-0.05, 0) is 73.9 Å². The van der Waals surface area contributed by atoms with Gasteiger partial charge in [0, 0.05) is 6.04 Å². The molecule has 0 saturated carbocycles. The molecule has 1 amide bonds. The molecular formula is C17H26INO4. The maximum absolute atomic E-state index is 12.0. The first-order valence-corrected chi connectivity index (χ1v) is 8.68. The zero-order valence-electron chi connectivity index (χ0n) is 14.7. The fourth-order valence-electron chi connectivity index (χ4n) is 2.12. The number of hydrogen-bond acceptors (Lipinski definition) is 4. The molecule has 23 heavy (non-hydrogen) atoms. The molecule has 6 heteroatoms. The lowest BCUT2D eigenvalue weighted by atomic mass is 10.0. The van der Waals surface area contributed by atoms with Gasteiger partial charge in [0.15, 0.2) is 0 Å². The van der Waals surface area contributed by atoms with Crippen LogP contribution < -0.4 is 14.8 Å². The Kier molecular flexibility index (Phi) is 7.44. The summed E-state index contributed by atoms with van der Waals surface area (Å²) in [5, 5.41) is 2.92.